The Morgan fingerprint density at radius 1 is 1.20 bits per heavy atom. The van der Waals surface area contributed by atoms with Gasteiger partial charge in [-0.1, -0.05) is 6.92 Å². The molecule has 8 atom stereocenters. The molecule has 0 aromatic rings. The van der Waals surface area contributed by atoms with Crippen molar-refractivity contribution in [3.8, 4) is 0 Å². The summed E-state index contributed by atoms with van der Waals surface area (Å²) in [7, 11) is -0.815. The topological polar surface area (TPSA) is 51.2 Å². The van der Waals surface area contributed by atoms with Gasteiger partial charge in [0.05, 0.1) is 5.25 Å². The molecule has 0 radical (unpaired) electrons. The third kappa shape index (κ3) is 1.95. The molecule has 25 heavy (non-hydrogen) atoms. The van der Waals surface area contributed by atoms with Gasteiger partial charge in [0, 0.05) is 34.3 Å². The third-order valence-electron chi connectivity index (χ3n) is 8.90. The average Bonchev–Trinajstić information content (AvgIpc) is 3.00. The first-order valence-electron chi connectivity index (χ1n) is 9.99. The molecule has 4 aliphatic carbocycles. The molecule has 0 aromatic heterocycles. The van der Waals surface area contributed by atoms with Crippen LogP contribution < -0.4 is 0 Å². The maximum Gasteiger partial charge on any atom is 0.155 e. The van der Waals surface area contributed by atoms with E-state index in [9.17, 15) is 13.8 Å². The molecule has 2 bridgehead atoms. The van der Waals surface area contributed by atoms with Crippen molar-refractivity contribution in [2.24, 2.45) is 34.5 Å². The highest BCUT2D eigenvalue weighted by atomic mass is 32.2. The van der Waals surface area contributed by atoms with E-state index in [1.807, 2.05) is 6.08 Å². The van der Waals surface area contributed by atoms with Crippen molar-refractivity contribution in [1.29, 1.82) is 0 Å². The lowest BCUT2D eigenvalue weighted by atomic mass is 9.46. The number of ketones is 2. The Morgan fingerprint density at radius 3 is 2.76 bits per heavy atom. The maximum absolute atomic E-state index is 12.9. The number of hydrogen-bond donors (Lipinski definition) is 0. The van der Waals surface area contributed by atoms with Gasteiger partial charge < -0.3 is 0 Å². The first-order chi connectivity index (χ1) is 11.9. The molecule has 5 rings (SSSR count). The molecule has 136 valence electrons. The summed E-state index contributed by atoms with van der Waals surface area (Å²) in [5.41, 5.74) is 1.45. The molecule has 4 fully saturated rings. The fourth-order valence-corrected chi connectivity index (χ4v) is 10.2. The highest BCUT2D eigenvalue weighted by Crippen LogP contribution is 2.69. The normalized spacial score (nSPS) is 53.7. The van der Waals surface area contributed by atoms with Crippen LogP contribution in [-0.4, -0.2) is 26.8 Å². The van der Waals surface area contributed by atoms with Crippen LogP contribution in [0.3, 0.4) is 0 Å². The Kier molecular flexibility index (Phi) is 3.38. The minimum absolute atomic E-state index is 0.0436. The first kappa shape index (κ1) is 16.4. The van der Waals surface area contributed by atoms with Crippen LogP contribution >= 0.6 is 0 Å². The summed E-state index contributed by atoms with van der Waals surface area (Å²) in [6, 6.07) is 0. The average molecular weight is 361 g/mol. The molecular weight excluding hydrogens is 332 g/mol. The van der Waals surface area contributed by atoms with E-state index in [-0.39, 0.29) is 27.8 Å². The van der Waals surface area contributed by atoms with Crippen LogP contribution in [0.1, 0.15) is 58.8 Å². The molecule has 0 N–H and O–H groups in total. The van der Waals surface area contributed by atoms with Gasteiger partial charge in [-0.2, -0.15) is 0 Å². The first-order valence-corrected chi connectivity index (χ1v) is 11.4. The van der Waals surface area contributed by atoms with Crippen LogP contribution in [0.2, 0.25) is 0 Å². The lowest BCUT2D eigenvalue weighted by Crippen LogP contribution is -2.52. The van der Waals surface area contributed by atoms with E-state index in [0.29, 0.717) is 30.0 Å². The van der Waals surface area contributed by atoms with Crippen LogP contribution in [0, 0.1) is 34.5 Å². The maximum atomic E-state index is 12.9. The van der Waals surface area contributed by atoms with Gasteiger partial charge in [-0.05, 0) is 80.3 Å². The van der Waals surface area contributed by atoms with Crippen molar-refractivity contribution in [2.45, 2.75) is 64.0 Å². The number of Topliss-reactive ketones (excluding diaryl/α,β-unsaturated/α-hetero) is 1. The SMILES string of the molecule is CC(=O)[C@H]1CC[C@H]2[C@@H]3CC4C5=CC(=O)CC[C@]5(CS4=O)[C@H]3CC[C@]12C. The zero-order chi connectivity index (χ0) is 17.6. The molecule has 3 saturated carbocycles. The number of carbonyl (C=O) groups excluding carboxylic acids is 2. The smallest absolute Gasteiger partial charge is 0.155 e. The van der Waals surface area contributed by atoms with Gasteiger partial charge in [0.1, 0.15) is 5.78 Å². The summed E-state index contributed by atoms with van der Waals surface area (Å²) in [5.74, 6) is 3.41. The van der Waals surface area contributed by atoms with E-state index in [4.69, 9.17) is 0 Å². The summed E-state index contributed by atoms with van der Waals surface area (Å²) in [5, 5.41) is 0.115. The lowest BCUT2D eigenvalue weighted by molar-refractivity contribution is -0.128. The zero-order valence-corrected chi connectivity index (χ0v) is 16.1. The standard InChI is InChI=1S/C21H28O3S/c1-12(22)15-3-4-16-14-10-19-18-9-13(23)5-8-21(18,11-25(19)24)17(14)6-7-20(15,16)2/h9,14-17,19H,3-8,10-11H2,1-2H3/t14-,15+,16-,17-,19?,20+,21-,25?/m0/s1. The van der Waals surface area contributed by atoms with Gasteiger partial charge in [-0.25, -0.2) is 0 Å². The molecule has 1 aliphatic heterocycles. The summed E-state index contributed by atoms with van der Waals surface area (Å²) < 4.78 is 12.9. The zero-order valence-electron chi connectivity index (χ0n) is 15.3. The molecule has 2 unspecified atom stereocenters. The number of fused-ring (bicyclic) bond motifs is 3. The summed E-state index contributed by atoms with van der Waals surface area (Å²) in [6.07, 6.45) is 8.91. The molecule has 1 heterocycles. The van der Waals surface area contributed by atoms with Crippen molar-refractivity contribution in [1.82, 2.24) is 0 Å². The molecule has 0 aromatic carbocycles. The van der Waals surface area contributed by atoms with Gasteiger partial charge in [-0.15, -0.1) is 0 Å². The van der Waals surface area contributed by atoms with Crippen molar-refractivity contribution in [3.05, 3.63) is 11.6 Å². The number of hydrogen-bond acceptors (Lipinski definition) is 3. The Morgan fingerprint density at radius 2 is 2.00 bits per heavy atom. The summed E-state index contributed by atoms with van der Waals surface area (Å²) in [6.45, 7) is 4.13. The van der Waals surface area contributed by atoms with Gasteiger partial charge >= 0.3 is 0 Å². The van der Waals surface area contributed by atoms with Crippen LogP contribution in [-0.2, 0) is 20.4 Å². The van der Waals surface area contributed by atoms with Gasteiger partial charge in [-0.3, -0.25) is 13.8 Å². The van der Waals surface area contributed by atoms with E-state index in [1.54, 1.807) is 6.92 Å². The number of rotatable bonds is 1. The molecule has 1 saturated heterocycles. The summed E-state index contributed by atoms with van der Waals surface area (Å²) >= 11 is 0. The fraction of sp³-hybridized carbons (Fsp3) is 0.810. The highest BCUT2D eigenvalue weighted by molar-refractivity contribution is 7.86. The van der Waals surface area contributed by atoms with E-state index in [0.717, 1.165) is 44.3 Å². The van der Waals surface area contributed by atoms with E-state index < -0.39 is 10.8 Å². The lowest BCUT2D eigenvalue weighted by Gasteiger charge is -2.57. The summed E-state index contributed by atoms with van der Waals surface area (Å²) in [4.78, 5) is 24.3. The largest absolute Gasteiger partial charge is 0.300 e. The molecule has 4 heteroatoms. The van der Waals surface area contributed by atoms with Crippen molar-refractivity contribution >= 4 is 22.4 Å². The quantitative estimate of drug-likeness (QED) is 0.720. The molecule has 3 nitrogen and oxygen atoms in total. The van der Waals surface area contributed by atoms with Crippen LogP contribution in [0.5, 0.6) is 0 Å². The van der Waals surface area contributed by atoms with E-state index in [1.165, 1.54) is 5.57 Å². The minimum Gasteiger partial charge on any atom is -0.300 e. The second-order valence-electron chi connectivity index (χ2n) is 9.63. The van der Waals surface area contributed by atoms with Crippen molar-refractivity contribution < 1.29 is 13.8 Å². The van der Waals surface area contributed by atoms with Crippen molar-refractivity contribution in [3.63, 3.8) is 0 Å². The van der Waals surface area contributed by atoms with Crippen LogP contribution in [0.25, 0.3) is 0 Å². The predicted octanol–water partition coefficient (Wildman–Crippen LogP) is 3.44. The van der Waals surface area contributed by atoms with Gasteiger partial charge in [0.25, 0.3) is 0 Å². The second kappa shape index (κ2) is 5.15. The van der Waals surface area contributed by atoms with Crippen LogP contribution in [0.15, 0.2) is 11.6 Å². The highest BCUT2D eigenvalue weighted by Gasteiger charge is 2.65. The molecular formula is C21H28O3S. The Hall–Kier alpha value is -0.770. The second-order valence-corrected chi connectivity index (χ2v) is 11.3. The van der Waals surface area contributed by atoms with E-state index in [2.05, 4.69) is 6.92 Å². The predicted molar refractivity (Wildman–Crippen MR) is 97.4 cm³/mol. The fourth-order valence-electron chi connectivity index (χ4n) is 7.90. The van der Waals surface area contributed by atoms with Crippen molar-refractivity contribution in [2.75, 3.05) is 5.75 Å². The third-order valence-corrected chi connectivity index (χ3v) is 10.8. The monoisotopic (exact) mass is 360 g/mol. The molecule has 0 amide bonds. The van der Waals surface area contributed by atoms with Gasteiger partial charge in [0.2, 0.25) is 0 Å². The van der Waals surface area contributed by atoms with Crippen LogP contribution in [0.4, 0.5) is 0 Å². The Balaban J connectivity index is 1.57. The Labute approximate surface area is 152 Å². The number of carbonyl (C=O) groups is 2. The molecule has 5 aliphatic rings. The Bertz CT molecular complexity index is 725. The van der Waals surface area contributed by atoms with Gasteiger partial charge in [0.15, 0.2) is 5.78 Å². The van der Waals surface area contributed by atoms with E-state index >= 15 is 0 Å². The minimum atomic E-state index is -0.815. The molecule has 0 spiro atoms.